The van der Waals surface area contributed by atoms with Gasteiger partial charge in [-0.05, 0) is 36.2 Å². The number of carbonyl (C=O) groups is 1. The maximum absolute atomic E-state index is 13.5. The molecule has 1 aliphatic heterocycles. The first-order valence-electron chi connectivity index (χ1n) is 7.43. The molecule has 4 nitrogen and oxygen atoms in total. The Balaban J connectivity index is 2.00. The molecule has 0 aliphatic carbocycles. The molecule has 2 aromatic carbocycles. The third-order valence-electron chi connectivity index (χ3n) is 4.09. The van der Waals surface area contributed by atoms with Crippen molar-refractivity contribution in [3.8, 4) is 11.5 Å². The highest BCUT2D eigenvalue weighted by molar-refractivity contribution is 5.96. The standard InChI is InChI=1S/C18H18FNO3/c1-22-16-8-6-14(11-17(16)23-2)20-15(7-9-18(20)21)12-4-3-5-13(19)10-12/h3-6,8,10-11,15H,7,9H2,1-2H3. The van der Waals surface area contributed by atoms with E-state index in [2.05, 4.69) is 0 Å². The highest BCUT2D eigenvalue weighted by Gasteiger charge is 2.33. The third kappa shape index (κ3) is 2.86. The molecule has 1 atom stereocenters. The van der Waals surface area contributed by atoms with Crippen LogP contribution in [0.25, 0.3) is 0 Å². The molecule has 1 heterocycles. The van der Waals surface area contributed by atoms with Crippen LogP contribution in [0, 0.1) is 5.82 Å². The summed E-state index contributed by atoms with van der Waals surface area (Å²) in [4.78, 5) is 14.1. The number of benzene rings is 2. The second-order valence-electron chi connectivity index (χ2n) is 5.41. The third-order valence-corrected chi connectivity index (χ3v) is 4.09. The molecule has 0 N–H and O–H groups in total. The fourth-order valence-electron chi connectivity index (χ4n) is 3.01. The molecule has 2 aromatic rings. The molecule has 3 rings (SSSR count). The van der Waals surface area contributed by atoms with E-state index in [-0.39, 0.29) is 17.8 Å². The lowest BCUT2D eigenvalue weighted by atomic mass is 10.0. The molecule has 0 bridgehead atoms. The van der Waals surface area contributed by atoms with Gasteiger partial charge in [-0.25, -0.2) is 4.39 Å². The van der Waals surface area contributed by atoms with Gasteiger partial charge in [0, 0.05) is 18.2 Å². The Morgan fingerprint density at radius 3 is 2.57 bits per heavy atom. The summed E-state index contributed by atoms with van der Waals surface area (Å²) in [5.41, 5.74) is 1.52. The number of ether oxygens (including phenoxy) is 2. The number of halogens is 1. The monoisotopic (exact) mass is 315 g/mol. The van der Waals surface area contributed by atoms with Crippen LogP contribution in [-0.4, -0.2) is 20.1 Å². The first kappa shape index (κ1) is 15.3. The highest BCUT2D eigenvalue weighted by Crippen LogP contribution is 2.40. The molecule has 5 heteroatoms. The Hall–Kier alpha value is -2.56. The predicted octanol–water partition coefficient (Wildman–Crippen LogP) is 3.71. The van der Waals surface area contributed by atoms with Gasteiger partial charge in [0.2, 0.25) is 5.91 Å². The fraction of sp³-hybridized carbons (Fsp3) is 0.278. The minimum atomic E-state index is -0.297. The van der Waals surface area contributed by atoms with Crippen LogP contribution in [0.5, 0.6) is 11.5 Å². The molecule has 0 radical (unpaired) electrons. The first-order chi connectivity index (χ1) is 11.1. The van der Waals surface area contributed by atoms with Gasteiger partial charge in [-0.2, -0.15) is 0 Å². The molecule has 0 saturated carbocycles. The predicted molar refractivity (Wildman–Crippen MR) is 85.4 cm³/mol. The van der Waals surface area contributed by atoms with E-state index in [4.69, 9.17) is 9.47 Å². The molecule has 0 spiro atoms. The zero-order valence-corrected chi connectivity index (χ0v) is 13.1. The minimum Gasteiger partial charge on any atom is -0.493 e. The van der Waals surface area contributed by atoms with Crippen LogP contribution in [0.3, 0.4) is 0 Å². The quantitative estimate of drug-likeness (QED) is 0.863. The fourth-order valence-corrected chi connectivity index (χ4v) is 3.01. The molecular weight excluding hydrogens is 297 g/mol. The summed E-state index contributed by atoms with van der Waals surface area (Å²) in [6.45, 7) is 0. The normalized spacial score (nSPS) is 17.4. The van der Waals surface area contributed by atoms with E-state index in [1.807, 2.05) is 12.1 Å². The van der Waals surface area contributed by atoms with Crippen molar-refractivity contribution in [1.29, 1.82) is 0 Å². The van der Waals surface area contributed by atoms with Gasteiger partial charge < -0.3 is 14.4 Å². The van der Waals surface area contributed by atoms with Crippen molar-refractivity contribution in [1.82, 2.24) is 0 Å². The molecule has 0 aromatic heterocycles. The Morgan fingerprint density at radius 1 is 1.09 bits per heavy atom. The number of amides is 1. The topological polar surface area (TPSA) is 38.8 Å². The zero-order chi connectivity index (χ0) is 16.4. The van der Waals surface area contributed by atoms with Crippen molar-refractivity contribution >= 4 is 11.6 Å². The minimum absolute atomic E-state index is 0.0199. The van der Waals surface area contributed by atoms with Gasteiger partial charge in [-0.15, -0.1) is 0 Å². The van der Waals surface area contributed by atoms with Gasteiger partial charge in [0.25, 0.3) is 0 Å². The number of hydrogen-bond donors (Lipinski definition) is 0. The number of carbonyl (C=O) groups excluding carboxylic acids is 1. The Labute approximate surface area is 134 Å². The summed E-state index contributed by atoms with van der Waals surface area (Å²) in [6, 6.07) is 11.6. The molecule has 1 saturated heterocycles. The maximum Gasteiger partial charge on any atom is 0.227 e. The lowest BCUT2D eigenvalue weighted by molar-refractivity contribution is -0.117. The zero-order valence-electron chi connectivity index (χ0n) is 13.1. The number of nitrogens with zero attached hydrogens (tertiary/aromatic N) is 1. The van der Waals surface area contributed by atoms with Crippen LogP contribution >= 0.6 is 0 Å². The Morgan fingerprint density at radius 2 is 1.87 bits per heavy atom. The van der Waals surface area contributed by atoms with Gasteiger partial charge in [0.15, 0.2) is 11.5 Å². The highest BCUT2D eigenvalue weighted by atomic mass is 19.1. The molecule has 1 unspecified atom stereocenters. The second-order valence-corrected chi connectivity index (χ2v) is 5.41. The van der Waals surface area contributed by atoms with Crippen molar-refractivity contribution in [3.05, 3.63) is 53.8 Å². The summed E-state index contributed by atoms with van der Waals surface area (Å²) in [5.74, 6) is 0.883. The van der Waals surface area contributed by atoms with Gasteiger partial charge >= 0.3 is 0 Å². The van der Waals surface area contributed by atoms with Crippen LogP contribution in [-0.2, 0) is 4.79 Å². The largest absolute Gasteiger partial charge is 0.493 e. The van der Waals surface area contributed by atoms with Crippen LogP contribution in [0.15, 0.2) is 42.5 Å². The molecule has 120 valence electrons. The number of anilines is 1. The average molecular weight is 315 g/mol. The Kier molecular flexibility index (Phi) is 4.19. The average Bonchev–Trinajstić information content (AvgIpc) is 2.96. The second kappa shape index (κ2) is 6.28. The van der Waals surface area contributed by atoms with Crippen LogP contribution in [0.1, 0.15) is 24.4 Å². The first-order valence-corrected chi connectivity index (χ1v) is 7.43. The van der Waals surface area contributed by atoms with Crippen molar-refractivity contribution in [2.45, 2.75) is 18.9 Å². The molecular formula is C18H18FNO3. The number of hydrogen-bond acceptors (Lipinski definition) is 3. The van der Waals surface area contributed by atoms with Gasteiger partial charge in [-0.1, -0.05) is 12.1 Å². The van der Waals surface area contributed by atoms with E-state index >= 15 is 0 Å². The van der Waals surface area contributed by atoms with E-state index in [0.717, 1.165) is 11.3 Å². The molecule has 23 heavy (non-hydrogen) atoms. The van der Waals surface area contributed by atoms with Crippen molar-refractivity contribution in [2.75, 3.05) is 19.1 Å². The van der Waals surface area contributed by atoms with Crippen LogP contribution < -0.4 is 14.4 Å². The van der Waals surface area contributed by atoms with Crippen LogP contribution in [0.2, 0.25) is 0 Å². The Bertz CT molecular complexity index is 732. The van der Waals surface area contributed by atoms with E-state index < -0.39 is 0 Å². The van der Waals surface area contributed by atoms with Gasteiger partial charge in [-0.3, -0.25) is 4.79 Å². The van der Waals surface area contributed by atoms with Crippen molar-refractivity contribution in [3.63, 3.8) is 0 Å². The van der Waals surface area contributed by atoms with E-state index in [1.54, 1.807) is 37.3 Å². The van der Waals surface area contributed by atoms with E-state index in [1.165, 1.54) is 12.1 Å². The van der Waals surface area contributed by atoms with Crippen molar-refractivity contribution < 1.29 is 18.7 Å². The summed E-state index contributed by atoms with van der Waals surface area (Å²) in [6.07, 6.45) is 1.10. The number of methoxy groups -OCH3 is 2. The summed E-state index contributed by atoms with van der Waals surface area (Å²) < 4.78 is 24.1. The summed E-state index contributed by atoms with van der Waals surface area (Å²) in [7, 11) is 3.12. The SMILES string of the molecule is COc1ccc(N2C(=O)CCC2c2cccc(F)c2)cc1OC. The lowest BCUT2D eigenvalue weighted by Crippen LogP contribution is -2.27. The summed E-state index contributed by atoms with van der Waals surface area (Å²) in [5, 5.41) is 0. The molecule has 1 amide bonds. The lowest BCUT2D eigenvalue weighted by Gasteiger charge is -2.26. The smallest absolute Gasteiger partial charge is 0.227 e. The van der Waals surface area contributed by atoms with Crippen LogP contribution in [0.4, 0.5) is 10.1 Å². The molecule has 1 fully saturated rings. The summed E-state index contributed by atoms with van der Waals surface area (Å²) >= 11 is 0. The maximum atomic E-state index is 13.5. The molecule has 1 aliphatic rings. The van der Waals surface area contributed by atoms with E-state index in [9.17, 15) is 9.18 Å². The van der Waals surface area contributed by atoms with Gasteiger partial charge in [0.1, 0.15) is 5.82 Å². The van der Waals surface area contributed by atoms with Crippen molar-refractivity contribution in [2.24, 2.45) is 0 Å². The number of rotatable bonds is 4. The van der Waals surface area contributed by atoms with E-state index in [0.29, 0.717) is 24.3 Å². The van der Waals surface area contributed by atoms with Gasteiger partial charge in [0.05, 0.1) is 20.3 Å².